The number of amides is 2. The van der Waals surface area contributed by atoms with Gasteiger partial charge in [-0.15, -0.1) is 0 Å². The van der Waals surface area contributed by atoms with Crippen molar-refractivity contribution in [3.05, 3.63) is 111 Å². The summed E-state index contributed by atoms with van der Waals surface area (Å²) in [7, 11) is 0. The van der Waals surface area contributed by atoms with Crippen LogP contribution in [0.2, 0.25) is 10.0 Å². The predicted octanol–water partition coefficient (Wildman–Crippen LogP) is 6.56. The molecular weight excluding hydrogens is 542 g/mol. The van der Waals surface area contributed by atoms with Crippen molar-refractivity contribution in [1.82, 2.24) is 10.7 Å². The average molecular weight is 560 g/mol. The summed E-state index contributed by atoms with van der Waals surface area (Å²) in [6.07, 6.45) is -3.20. The van der Waals surface area contributed by atoms with E-state index in [2.05, 4.69) is 15.8 Å². The summed E-state index contributed by atoms with van der Waals surface area (Å²) in [5.74, 6) is -1.17. The van der Waals surface area contributed by atoms with Gasteiger partial charge in [0.25, 0.3) is 11.8 Å². The Morgan fingerprint density at radius 3 is 2.34 bits per heavy atom. The quantitative estimate of drug-likeness (QED) is 0.184. The molecule has 0 heterocycles. The standard InChI is InChI=1S/C27H18Cl2F3N3O3/c28-22-9-5-15(11-21(22)27(30,31)32)13-33-26(38)20-8-6-17(18-3-1-2-4-19(18)20)14-34-35-25(37)16-7-10-24(36)23(29)12-16/h1-12,14,36H,13H2,(H,33,38)(H,35,37). The molecule has 4 aromatic carbocycles. The van der Waals surface area contributed by atoms with Crippen LogP contribution in [0, 0.1) is 0 Å². The first-order valence-electron chi connectivity index (χ1n) is 11.0. The highest BCUT2D eigenvalue weighted by atomic mass is 35.5. The molecule has 0 atom stereocenters. The minimum Gasteiger partial charge on any atom is -0.506 e. The van der Waals surface area contributed by atoms with Gasteiger partial charge in [0.05, 0.1) is 21.8 Å². The first kappa shape index (κ1) is 27.0. The Kier molecular flexibility index (Phi) is 7.89. The Morgan fingerprint density at radius 2 is 1.63 bits per heavy atom. The molecule has 0 spiro atoms. The third-order valence-corrected chi connectivity index (χ3v) is 6.20. The second-order valence-electron chi connectivity index (χ2n) is 8.11. The molecule has 4 rings (SSSR count). The van der Waals surface area contributed by atoms with Gasteiger partial charge in [-0.25, -0.2) is 5.43 Å². The van der Waals surface area contributed by atoms with Gasteiger partial charge in [-0.3, -0.25) is 9.59 Å². The summed E-state index contributed by atoms with van der Waals surface area (Å²) in [5, 5.41) is 17.0. The third-order valence-electron chi connectivity index (χ3n) is 5.57. The number of hydrazone groups is 1. The zero-order valence-corrected chi connectivity index (χ0v) is 20.8. The van der Waals surface area contributed by atoms with Gasteiger partial charge >= 0.3 is 6.18 Å². The minimum absolute atomic E-state index is 0.0262. The van der Waals surface area contributed by atoms with Gasteiger partial charge in [0.1, 0.15) is 5.75 Å². The number of nitrogens with one attached hydrogen (secondary N) is 2. The Hall–Kier alpha value is -4.08. The number of nitrogens with zero attached hydrogens (tertiary/aromatic N) is 1. The van der Waals surface area contributed by atoms with Crippen LogP contribution in [0.25, 0.3) is 10.8 Å². The van der Waals surface area contributed by atoms with Crippen LogP contribution in [0.4, 0.5) is 13.2 Å². The fraction of sp³-hybridized carbons (Fsp3) is 0.0741. The van der Waals surface area contributed by atoms with E-state index in [1.165, 1.54) is 30.5 Å². The number of hydrogen-bond acceptors (Lipinski definition) is 4. The lowest BCUT2D eigenvalue weighted by atomic mass is 9.99. The van der Waals surface area contributed by atoms with Crippen molar-refractivity contribution in [2.75, 3.05) is 0 Å². The Labute approximate surface area is 224 Å². The van der Waals surface area contributed by atoms with Crippen LogP contribution < -0.4 is 10.7 Å². The van der Waals surface area contributed by atoms with E-state index in [1.54, 1.807) is 36.4 Å². The van der Waals surface area contributed by atoms with Gasteiger partial charge in [0.2, 0.25) is 0 Å². The van der Waals surface area contributed by atoms with Gasteiger partial charge in [0, 0.05) is 23.2 Å². The van der Waals surface area contributed by atoms with Gasteiger partial charge in [-0.05, 0) is 52.7 Å². The summed E-state index contributed by atoms with van der Waals surface area (Å²) in [6, 6.07) is 17.6. The highest BCUT2D eigenvalue weighted by molar-refractivity contribution is 6.32. The second-order valence-corrected chi connectivity index (χ2v) is 8.92. The van der Waals surface area contributed by atoms with Gasteiger partial charge in [0.15, 0.2) is 0 Å². The molecule has 0 aliphatic heterocycles. The topological polar surface area (TPSA) is 90.8 Å². The lowest BCUT2D eigenvalue weighted by Gasteiger charge is -2.13. The number of aromatic hydroxyl groups is 1. The van der Waals surface area contributed by atoms with Crippen LogP contribution in [-0.4, -0.2) is 23.1 Å². The Bertz CT molecular complexity index is 1570. The molecule has 0 saturated heterocycles. The van der Waals surface area contributed by atoms with Crippen LogP contribution in [-0.2, 0) is 12.7 Å². The van der Waals surface area contributed by atoms with Crippen LogP contribution in [0.3, 0.4) is 0 Å². The molecule has 2 amide bonds. The van der Waals surface area contributed by atoms with Crippen LogP contribution in [0.15, 0.2) is 77.9 Å². The molecule has 194 valence electrons. The maximum Gasteiger partial charge on any atom is 0.417 e. The molecule has 0 bridgehead atoms. The zero-order valence-electron chi connectivity index (χ0n) is 19.3. The van der Waals surface area contributed by atoms with E-state index >= 15 is 0 Å². The number of hydrogen-bond donors (Lipinski definition) is 3. The first-order chi connectivity index (χ1) is 18.0. The number of phenols is 1. The maximum atomic E-state index is 13.1. The highest BCUT2D eigenvalue weighted by Gasteiger charge is 2.33. The van der Waals surface area contributed by atoms with Crippen molar-refractivity contribution >= 4 is 52.0 Å². The van der Waals surface area contributed by atoms with Gasteiger partial charge < -0.3 is 10.4 Å². The molecule has 0 aliphatic carbocycles. The van der Waals surface area contributed by atoms with Gasteiger partial charge in [-0.1, -0.05) is 59.6 Å². The van der Waals surface area contributed by atoms with Crippen molar-refractivity contribution in [1.29, 1.82) is 0 Å². The molecular formula is C27H18Cl2F3N3O3. The van der Waals surface area contributed by atoms with Crippen molar-refractivity contribution < 1.29 is 27.9 Å². The summed E-state index contributed by atoms with van der Waals surface area (Å²) >= 11 is 11.5. The van der Waals surface area contributed by atoms with Crippen LogP contribution in [0.1, 0.15) is 37.4 Å². The molecule has 4 aromatic rings. The van der Waals surface area contributed by atoms with E-state index in [0.29, 0.717) is 21.9 Å². The molecule has 0 fully saturated rings. The highest BCUT2D eigenvalue weighted by Crippen LogP contribution is 2.35. The fourth-order valence-corrected chi connectivity index (χ4v) is 4.09. The van der Waals surface area contributed by atoms with E-state index in [0.717, 1.165) is 12.1 Å². The fourth-order valence-electron chi connectivity index (χ4n) is 3.68. The van der Waals surface area contributed by atoms with E-state index in [4.69, 9.17) is 23.2 Å². The molecule has 0 aromatic heterocycles. The minimum atomic E-state index is -4.61. The first-order valence-corrected chi connectivity index (χ1v) is 11.8. The molecule has 3 N–H and O–H groups in total. The summed E-state index contributed by atoms with van der Waals surface area (Å²) < 4.78 is 39.4. The van der Waals surface area contributed by atoms with Crippen molar-refractivity contribution in [2.45, 2.75) is 12.7 Å². The summed E-state index contributed by atoms with van der Waals surface area (Å²) in [5.41, 5.74) is 2.76. The molecule has 38 heavy (non-hydrogen) atoms. The normalized spacial score (nSPS) is 11.6. The third kappa shape index (κ3) is 6.07. The molecule has 0 aliphatic rings. The molecule has 11 heteroatoms. The molecule has 0 unspecified atom stereocenters. The second kappa shape index (κ2) is 11.1. The molecule has 6 nitrogen and oxygen atoms in total. The lowest BCUT2D eigenvalue weighted by molar-refractivity contribution is -0.137. The van der Waals surface area contributed by atoms with Crippen molar-refractivity contribution in [3.8, 4) is 5.75 Å². The largest absolute Gasteiger partial charge is 0.506 e. The van der Waals surface area contributed by atoms with Crippen LogP contribution >= 0.6 is 23.2 Å². The van der Waals surface area contributed by atoms with E-state index in [1.807, 2.05) is 0 Å². The van der Waals surface area contributed by atoms with E-state index < -0.39 is 28.6 Å². The number of halogens is 5. The summed E-state index contributed by atoms with van der Waals surface area (Å²) in [6.45, 7) is -0.135. The Balaban J connectivity index is 1.51. The number of carbonyl (C=O) groups is 2. The monoisotopic (exact) mass is 559 g/mol. The average Bonchev–Trinajstić information content (AvgIpc) is 2.88. The number of fused-ring (bicyclic) bond motifs is 1. The maximum absolute atomic E-state index is 13.1. The van der Waals surface area contributed by atoms with E-state index in [9.17, 15) is 27.9 Å². The summed E-state index contributed by atoms with van der Waals surface area (Å²) in [4.78, 5) is 25.2. The zero-order chi connectivity index (χ0) is 27.4. The smallest absolute Gasteiger partial charge is 0.417 e. The van der Waals surface area contributed by atoms with Crippen LogP contribution in [0.5, 0.6) is 5.75 Å². The van der Waals surface area contributed by atoms with Crippen molar-refractivity contribution in [2.24, 2.45) is 5.10 Å². The SMILES string of the molecule is O=C(NN=Cc1ccc(C(=O)NCc2ccc(Cl)c(C(F)(F)F)c2)c2ccccc12)c1ccc(O)c(Cl)c1. The number of phenolic OH excluding ortho intramolecular Hbond substituents is 1. The predicted molar refractivity (Wildman–Crippen MR) is 140 cm³/mol. The number of carbonyl (C=O) groups excluding carboxylic acids is 2. The van der Waals surface area contributed by atoms with Crippen molar-refractivity contribution in [3.63, 3.8) is 0 Å². The number of alkyl halides is 3. The number of benzene rings is 4. The lowest BCUT2D eigenvalue weighted by Crippen LogP contribution is -2.23. The Morgan fingerprint density at radius 1 is 0.895 bits per heavy atom. The van der Waals surface area contributed by atoms with E-state index in [-0.39, 0.29) is 28.4 Å². The number of rotatable bonds is 6. The molecule has 0 radical (unpaired) electrons. The molecule has 0 saturated carbocycles. The van der Waals surface area contributed by atoms with Gasteiger partial charge in [-0.2, -0.15) is 18.3 Å².